The van der Waals surface area contributed by atoms with Crippen LogP contribution in [-0.4, -0.2) is 28.2 Å². The summed E-state index contributed by atoms with van der Waals surface area (Å²) in [6, 6.07) is -0.503. The molecule has 0 saturated carbocycles. The van der Waals surface area contributed by atoms with Gasteiger partial charge < -0.3 is 16.2 Å². The molecule has 0 aromatic rings. The molecule has 0 radical (unpaired) electrons. The molecule has 4 N–H and O–H groups in total. The maximum absolute atomic E-state index is 11.5. The van der Waals surface area contributed by atoms with Gasteiger partial charge in [0.15, 0.2) is 0 Å². The predicted octanol–water partition coefficient (Wildman–Crippen LogP) is 0.389. The number of nitrogens with one attached hydrogen (secondary N) is 1. The molecular formula is C10H22N2O2. The Morgan fingerprint density at radius 1 is 1.43 bits per heavy atom. The van der Waals surface area contributed by atoms with E-state index in [1.807, 2.05) is 6.92 Å². The molecule has 0 unspecified atom stereocenters. The van der Waals surface area contributed by atoms with E-state index in [9.17, 15) is 9.90 Å². The minimum atomic E-state index is -0.976. The summed E-state index contributed by atoms with van der Waals surface area (Å²) >= 11 is 0. The highest BCUT2D eigenvalue weighted by atomic mass is 16.3. The highest BCUT2D eigenvalue weighted by molar-refractivity contribution is 5.82. The summed E-state index contributed by atoms with van der Waals surface area (Å²) in [5.41, 5.74) is 3.91. The summed E-state index contributed by atoms with van der Waals surface area (Å²) in [5, 5.41) is 12.5. The van der Waals surface area contributed by atoms with Gasteiger partial charge in [-0.3, -0.25) is 4.79 Å². The quantitative estimate of drug-likeness (QED) is 0.617. The van der Waals surface area contributed by atoms with Crippen LogP contribution in [0.4, 0.5) is 0 Å². The first-order valence-corrected chi connectivity index (χ1v) is 4.92. The van der Waals surface area contributed by atoms with Crippen molar-refractivity contribution in [2.24, 2.45) is 5.73 Å². The van der Waals surface area contributed by atoms with Crippen LogP contribution in [0, 0.1) is 0 Å². The highest BCUT2D eigenvalue weighted by Crippen LogP contribution is 2.20. The largest absolute Gasteiger partial charge is 0.388 e. The average Bonchev–Trinajstić information content (AvgIpc) is 2.00. The van der Waals surface area contributed by atoms with Crippen LogP contribution in [0.2, 0.25) is 0 Å². The van der Waals surface area contributed by atoms with Crippen molar-refractivity contribution in [1.29, 1.82) is 0 Å². The fraction of sp³-hybridized carbons (Fsp3) is 0.900. The molecule has 84 valence electrons. The zero-order chi connectivity index (χ0) is 11.6. The highest BCUT2D eigenvalue weighted by Gasteiger charge is 2.36. The van der Waals surface area contributed by atoms with Crippen molar-refractivity contribution in [3.63, 3.8) is 0 Å². The van der Waals surface area contributed by atoms with Crippen molar-refractivity contribution >= 4 is 5.91 Å². The van der Waals surface area contributed by atoms with Gasteiger partial charge in [0, 0.05) is 0 Å². The number of hydrogen-bond acceptors (Lipinski definition) is 3. The molecule has 1 atom stereocenters. The summed E-state index contributed by atoms with van der Waals surface area (Å²) in [5.74, 6) is -0.223. The molecule has 0 spiro atoms. The molecule has 4 nitrogen and oxygen atoms in total. The van der Waals surface area contributed by atoms with Crippen LogP contribution in [0.1, 0.15) is 41.0 Å². The molecule has 0 aliphatic carbocycles. The van der Waals surface area contributed by atoms with Gasteiger partial charge in [0.05, 0.1) is 17.2 Å². The van der Waals surface area contributed by atoms with Crippen LogP contribution >= 0.6 is 0 Å². The van der Waals surface area contributed by atoms with Gasteiger partial charge in [0.2, 0.25) is 5.91 Å². The average molecular weight is 202 g/mol. The summed E-state index contributed by atoms with van der Waals surface area (Å²) < 4.78 is 0. The van der Waals surface area contributed by atoms with E-state index in [0.29, 0.717) is 6.42 Å². The smallest absolute Gasteiger partial charge is 0.237 e. The lowest BCUT2D eigenvalue weighted by atomic mass is 9.85. The van der Waals surface area contributed by atoms with Crippen LogP contribution < -0.4 is 11.1 Å². The number of aliphatic hydroxyl groups is 1. The zero-order valence-electron chi connectivity index (χ0n) is 9.72. The minimum absolute atomic E-state index is 0.223. The van der Waals surface area contributed by atoms with Crippen LogP contribution in [-0.2, 0) is 4.79 Å². The molecule has 0 aliphatic rings. The van der Waals surface area contributed by atoms with Gasteiger partial charge in [-0.15, -0.1) is 0 Å². The molecule has 0 aromatic heterocycles. The van der Waals surface area contributed by atoms with Crippen molar-refractivity contribution in [2.75, 3.05) is 0 Å². The van der Waals surface area contributed by atoms with Crippen molar-refractivity contribution in [3.05, 3.63) is 0 Å². The Hall–Kier alpha value is -0.610. The van der Waals surface area contributed by atoms with E-state index < -0.39 is 17.2 Å². The fourth-order valence-electron chi connectivity index (χ4n) is 0.739. The number of rotatable bonds is 4. The minimum Gasteiger partial charge on any atom is -0.388 e. The molecule has 0 rings (SSSR count). The van der Waals surface area contributed by atoms with Crippen molar-refractivity contribution in [3.8, 4) is 0 Å². The third kappa shape index (κ3) is 3.27. The van der Waals surface area contributed by atoms with Crippen LogP contribution in [0.15, 0.2) is 0 Å². The molecule has 4 heteroatoms. The second-order valence-corrected chi connectivity index (χ2v) is 4.69. The van der Waals surface area contributed by atoms with E-state index in [2.05, 4.69) is 5.32 Å². The first-order chi connectivity index (χ1) is 6.12. The van der Waals surface area contributed by atoms with Gasteiger partial charge in [0.25, 0.3) is 0 Å². The van der Waals surface area contributed by atoms with E-state index in [0.717, 1.165) is 0 Å². The SMILES string of the molecule is CC[C@@H](N)C(=O)NC(C)(C)C(C)(C)O. The summed E-state index contributed by atoms with van der Waals surface area (Å²) in [6.45, 7) is 8.71. The monoisotopic (exact) mass is 202 g/mol. The van der Waals surface area contributed by atoms with E-state index in [1.54, 1.807) is 27.7 Å². The van der Waals surface area contributed by atoms with E-state index in [4.69, 9.17) is 5.73 Å². The number of carbonyl (C=O) groups is 1. The maximum atomic E-state index is 11.5. The predicted molar refractivity (Wildman–Crippen MR) is 56.8 cm³/mol. The molecule has 0 fully saturated rings. The second kappa shape index (κ2) is 4.28. The number of carbonyl (C=O) groups excluding carboxylic acids is 1. The third-order valence-electron chi connectivity index (χ3n) is 2.74. The van der Waals surface area contributed by atoms with Crippen LogP contribution in [0.5, 0.6) is 0 Å². The lowest BCUT2D eigenvalue weighted by molar-refractivity contribution is -0.127. The Morgan fingerprint density at radius 2 is 1.86 bits per heavy atom. The van der Waals surface area contributed by atoms with Crippen molar-refractivity contribution in [1.82, 2.24) is 5.32 Å². The number of hydrogen-bond donors (Lipinski definition) is 3. The summed E-state index contributed by atoms with van der Waals surface area (Å²) in [7, 11) is 0. The van der Waals surface area contributed by atoms with E-state index in [1.165, 1.54) is 0 Å². The zero-order valence-corrected chi connectivity index (χ0v) is 9.72. The van der Waals surface area contributed by atoms with Crippen molar-refractivity contribution < 1.29 is 9.90 Å². The van der Waals surface area contributed by atoms with Gasteiger partial charge in [0.1, 0.15) is 0 Å². The topological polar surface area (TPSA) is 75.4 Å². The van der Waals surface area contributed by atoms with Gasteiger partial charge in [-0.2, -0.15) is 0 Å². The standard InChI is InChI=1S/C10H22N2O2/c1-6-7(11)8(13)12-9(2,3)10(4,5)14/h7,14H,6,11H2,1-5H3,(H,12,13)/t7-/m1/s1. The summed E-state index contributed by atoms with van der Waals surface area (Å²) in [4.78, 5) is 11.5. The maximum Gasteiger partial charge on any atom is 0.237 e. The number of nitrogens with two attached hydrogens (primary N) is 1. The Labute approximate surface area is 85.9 Å². The Bertz CT molecular complexity index is 207. The van der Waals surface area contributed by atoms with E-state index >= 15 is 0 Å². The molecular weight excluding hydrogens is 180 g/mol. The van der Waals surface area contributed by atoms with Crippen molar-refractivity contribution in [2.45, 2.75) is 58.2 Å². The van der Waals surface area contributed by atoms with Gasteiger partial charge in [-0.1, -0.05) is 6.92 Å². The van der Waals surface area contributed by atoms with Gasteiger partial charge in [-0.05, 0) is 34.1 Å². The molecule has 0 heterocycles. The molecule has 14 heavy (non-hydrogen) atoms. The Morgan fingerprint density at radius 3 is 2.14 bits per heavy atom. The third-order valence-corrected chi connectivity index (χ3v) is 2.74. The number of amides is 1. The van der Waals surface area contributed by atoms with Gasteiger partial charge >= 0.3 is 0 Å². The molecule has 0 bridgehead atoms. The van der Waals surface area contributed by atoms with E-state index in [-0.39, 0.29) is 5.91 Å². The normalized spacial score (nSPS) is 15.1. The Balaban J connectivity index is 4.45. The fourth-order valence-corrected chi connectivity index (χ4v) is 0.739. The second-order valence-electron chi connectivity index (χ2n) is 4.69. The lowest BCUT2D eigenvalue weighted by Gasteiger charge is -2.38. The molecule has 1 amide bonds. The molecule has 0 aromatic carbocycles. The molecule has 0 saturated heterocycles. The first-order valence-electron chi connectivity index (χ1n) is 4.92. The Kier molecular flexibility index (Phi) is 4.09. The lowest BCUT2D eigenvalue weighted by Crippen LogP contribution is -2.60. The molecule has 0 aliphatic heterocycles. The van der Waals surface area contributed by atoms with Gasteiger partial charge in [-0.25, -0.2) is 0 Å². The van der Waals surface area contributed by atoms with Crippen LogP contribution in [0.25, 0.3) is 0 Å². The summed E-state index contributed by atoms with van der Waals surface area (Å²) in [6.07, 6.45) is 0.591. The van der Waals surface area contributed by atoms with Crippen LogP contribution in [0.3, 0.4) is 0 Å². The first kappa shape index (κ1) is 13.4.